The first-order chi connectivity index (χ1) is 9.16. The van der Waals surface area contributed by atoms with E-state index in [0.29, 0.717) is 18.0 Å². The number of carbonyl (C=O) groups excluding carboxylic acids is 1. The van der Waals surface area contributed by atoms with Gasteiger partial charge in [0.2, 0.25) is 0 Å². The molecular weight excluding hydrogens is 244 g/mol. The highest BCUT2D eigenvalue weighted by atomic mass is 16.4. The van der Waals surface area contributed by atoms with Crippen LogP contribution in [-0.4, -0.2) is 28.0 Å². The van der Waals surface area contributed by atoms with E-state index >= 15 is 0 Å². The molecule has 1 amide bonds. The van der Waals surface area contributed by atoms with Crippen LogP contribution in [0.25, 0.3) is 0 Å². The van der Waals surface area contributed by atoms with Crippen LogP contribution in [-0.2, 0) is 4.79 Å². The van der Waals surface area contributed by atoms with Gasteiger partial charge in [-0.05, 0) is 24.5 Å². The van der Waals surface area contributed by atoms with Gasteiger partial charge in [0.25, 0.3) is 5.91 Å². The highest BCUT2D eigenvalue weighted by Gasteiger charge is 2.25. The lowest BCUT2D eigenvalue weighted by Crippen LogP contribution is -2.42. The molecule has 19 heavy (non-hydrogen) atoms. The van der Waals surface area contributed by atoms with Crippen LogP contribution in [0.2, 0.25) is 0 Å². The fourth-order valence-corrected chi connectivity index (χ4v) is 2.69. The summed E-state index contributed by atoms with van der Waals surface area (Å²) in [6, 6.07) is 2.56. The topological polar surface area (TPSA) is 82.2 Å². The molecule has 0 bridgehead atoms. The Hall–Kier alpha value is -1.78. The van der Waals surface area contributed by atoms with Crippen molar-refractivity contribution < 1.29 is 14.7 Å². The Morgan fingerprint density at radius 3 is 2.68 bits per heavy atom. The van der Waals surface area contributed by atoms with Crippen molar-refractivity contribution in [1.29, 1.82) is 0 Å². The SMILES string of the molecule is O=C(N[C@H](CC1CCCCC1)C(=O)O)c1ccc[nH]1. The lowest BCUT2D eigenvalue weighted by Gasteiger charge is -2.24. The summed E-state index contributed by atoms with van der Waals surface area (Å²) in [6.07, 6.45) is 7.89. The van der Waals surface area contributed by atoms with Gasteiger partial charge in [-0.3, -0.25) is 4.79 Å². The summed E-state index contributed by atoms with van der Waals surface area (Å²) in [6.45, 7) is 0. The maximum atomic E-state index is 11.9. The minimum Gasteiger partial charge on any atom is -0.480 e. The largest absolute Gasteiger partial charge is 0.480 e. The number of amides is 1. The molecule has 1 aromatic rings. The third kappa shape index (κ3) is 3.84. The summed E-state index contributed by atoms with van der Waals surface area (Å²) in [5.74, 6) is -0.891. The molecule has 0 spiro atoms. The van der Waals surface area contributed by atoms with Crippen molar-refractivity contribution in [2.45, 2.75) is 44.6 Å². The lowest BCUT2D eigenvalue weighted by molar-refractivity contribution is -0.139. The van der Waals surface area contributed by atoms with Crippen molar-refractivity contribution in [3.63, 3.8) is 0 Å². The van der Waals surface area contributed by atoms with Crippen LogP contribution >= 0.6 is 0 Å². The monoisotopic (exact) mass is 264 g/mol. The van der Waals surface area contributed by atoms with Gasteiger partial charge in [0.1, 0.15) is 11.7 Å². The van der Waals surface area contributed by atoms with Crippen LogP contribution in [0, 0.1) is 5.92 Å². The summed E-state index contributed by atoms with van der Waals surface area (Å²) in [4.78, 5) is 25.9. The molecule has 0 saturated heterocycles. The number of aromatic nitrogens is 1. The number of hydrogen-bond acceptors (Lipinski definition) is 2. The van der Waals surface area contributed by atoms with Crippen LogP contribution in [0.4, 0.5) is 0 Å². The summed E-state index contributed by atoms with van der Waals surface area (Å²) < 4.78 is 0. The van der Waals surface area contributed by atoms with E-state index < -0.39 is 12.0 Å². The number of aliphatic carboxylic acids is 1. The van der Waals surface area contributed by atoms with Crippen molar-refractivity contribution in [3.8, 4) is 0 Å². The molecule has 0 aliphatic heterocycles. The molecule has 5 nitrogen and oxygen atoms in total. The zero-order valence-electron chi connectivity index (χ0n) is 10.9. The number of aromatic amines is 1. The summed E-state index contributed by atoms with van der Waals surface area (Å²) in [5.41, 5.74) is 0.398. The molecular formula is C14H20N2O3. The minimum absolute atomic E-state index is 0.354. The third-order valence-electron chi connectivity index (χ3n) is 3.74. The van der Waals surface area contributed by atoms with Gasteiger partial charge in [-0.15, -0.1) is 0 Å². The van der Waals surface area contributed by atoms with Gasteiger partial charge >= 0.3 is 5.97 Å². The van der Waals surface area contributed by atoms with E-state index in [1.807, 2.05) is 0 Å². The predicted molar refractivity (Wildman–Crippen MR) is 70.9 cm³/mol. The third-order valence-corrected chi connectivity index (χ3v) is 3.74. The first-order valence-electron chi connectivity index (χ1n) is 6.84. The lowest BCUT2D eigenvalue weighted by atomic mass is 9.85. The number of carboxylic acid groups (broad SMARTS) is 1. The number of carbonyl (C=O) groups is 2. The molecule has 1 aromatic heterocycles. The van der Waals surface area contributed by atoms with Gasteiger partial charge in [0.05, 0.1) is 0 Å². The standard InChI is InChI=1S/C14H20N2O3/c17-13(11-7-4-8-15-11)16-12(14(18)19)9-10-5-2-1-3-6-10/h4,7-8,10,12,15H,1-3,5-6,9H2,(H,16,17)(H,18,19)/t12-/m1/s1. The smallest absolute Gasteiger partial charge is 0.326 e. The molecule has 2 rings (SSSR count). The van der Waals surface area contributed by atoms with E-state index in [9.17, 15) is 14.7 Å². The molecule has 1 aliphatic rings. The van der Waals surface area contributed by atoms with Crippen LogP contribution < -0.4 is 5.32 Å². The van der Waals surface area contributed by atoms with Crippen LogP contribution in [0.15, 0.2) is 18.3 Å². The van der Waals surface area contributed by atoms with E-state index in [0.717, 1.165) is 12.8 Å². The van der Waals surface area contributed by atoms with Gasteiger partial charge in [-0.1, -0.05) is 32.1 Å². The average Bonchev–Trinajstić information content (AvgIpc) is 2.93. The number of carboxylic acids is 1. The fourth-order valence-electron chi connectivity index (χ4n) is 2.69. The maximum absolute atomic E-state index is 11.9. The number of nitrogens with one attached hydrogen (secondary N) is 2. The average molecular weight is 264 g/mol. The number of H-pyrrole nitrogens is 1. The van der Waals surface area contributed by atoms with Gasteiger partial charge < -0.3 is 15.4 Å². The van der Waals surface area contributed by atoms with Gasteiger partial charge in [0, 0.05) is 6.20 Å². The summed E-state index contributed by atoms with van der Waals surface area (Å²) >= 11 is 0. The van der Waals surface area contributed by atoms with Crippen molar-refractivity contribution >= 4 is 11.9 Å². The molecule has 1 saturated carbocycles. The molecule has 1 fully saturated rings. The Balaban J connectivity index is 1.92. The molecule has 104 valence electrons. The summed E-state index contributed by atoms with van der Waals surface area (Å²) in [5, 5.41) is 11.8. The van der Waals surface area contributed by atoms with E-state index in [1.54, 1.807) is 18.3 Å². The van der Waals surface area contributed by atoms with Gasteiger partial charge in [-0.25, -0.2) is 4.79 Å². The van der Waals surface area contributed by atoms with Gasteiger partial charge in [0.15, 0.2) is 0 Å². The molecule has 1 atom stereocenters. The highest BCUT2D eigenvalue weighted by Crippen LogP contribution is 2.27. The second kappa shape index (κ2) is 6.41. The van der Waals surface area contributed by atoms with Crippen molar-refractivity contribution in [2.24, 2.45) is 5.92 Å². The molecule has 5 heteroatoms. The van der Waals surface area contributed by atoms with Crippen molar-refractivity contribution in [3.05, 3.63) is 24.0 Å². The Morgan fingerprint density at radius 2 is 2.11 bits per heavy atom. The molecule has 1 aliphatic carbocycles. The Bertz CT molecular complexity index is 422. The molecule has 0 unspecified atom stereocenters. The maximum Gasteiger partial charge on any atom is 0.326 e. The quantitative estimate of drug-likeness (QED) is 0.762. The highest BCUT2D eigenvalue weighted by molar-refractivity contribution is 5.95. The van der Waals surface area contributed by atoms with Crippen LogP contribution in [0.5, 0.6) is 0 Å². The Kier molecular flexibility index (Phi) is 4.60. The fraction of sp³-hybridized carbons (Fsp3) is 0.571. The Labute approximate surface area is 112 Å². The van der Waals surface area contributed by atoms with E-state index in [-0.39, 0.29) is 5.91 Å². The first-order valence-corrected chi connectivity index (χ1v) is 6.84. The molecule has 0 aromatic carbocycles. The van der Waals surface area contributed by atoms with E-state index in [4.69, 9.17) is 0 Å². The molecule has 0 radical (unpaired) electrons. The second-order valence-corrected chi connectivity index (χ2v) is 5.19. The van der Waals surface area contributed by atoms with Gasteiger partial charge in [-0.2, -0.15) is 0 Å². The summed E-state index contributed by atoms with van der Waals surface area (Å²) in [7, 11) is 0. The van der Waals surface area contributed by atoms with Crippen LogP contribution in [0.3, 0.4) is 0 Å². The van der Waals surface area contributed by atoms with Crippen molar-refractivity contribution in [1.82, 2.24) is 10.3 Å². The number of rotatable bonds is 5. The molecule has 1 heterocycles. The number of hydrogen-bond donors (Lipinski definition) is 3. The van der Waals surface area contributed by atoms with E-state index in [1.165, 1.54) is 19.3 Å². The second-order valence-electron chi connectivity index (χ2n) is 5.19. The minimum atomic E-state index is -0.953. The Morgan fingerprint density at radius 1 is 1.37 bits per heavy atom. The first kappa shape index (κ1) is 13.6. The molecule has 3 N–H and O–H groups in total. The zero-order chi connectivity index (χ0) is 13.7. The van der Waals surface area contributed by atoms with Crippen LogP contribution in [0.1, 0.15) is 49.0 Å². The zero-order valence-corrected chi connectivity index (χ0v) is 10.9. The van der Waals surface area contributed by atoms with Crippen molar-refractivity contribution in [2.75, 3.05) is 0 Å². The van der Waals surface area contributed by atoms with E-state index in [2.05, 4.69) is 10.3 Å². The normalized spacial score (nSPS) is 17.9. The predicted octanol–water partition coefficient (Wildman–Crippen LogP) is 2.17.